The van der Waals surface area contributed by atoms with Crippen molar-refractivity contribution in [2.24, 2.45) is 11.8 Å². The van der Waals surface area contributed by atoms with Gasteiger partial charge in [-0.3, -0.25) is 4.79 Å². The first-order valence-electron chi connectivity index (χ1n) is 9.39. The number of benzene rings is 1. The van der Waals surface area contributed by atoms with Crippen molar-refractivity contribution in [3.63, 3.8) is 0 Å². The number of rotatable bonds is 7. The van der Waals surface area contributed by atoms with Crippen LogP contribution in [0.1, 0.15) is 43.0 Å². The Balaban J connectivity index is 1.74. The maximum absolute atomic E-state index is 12.0. The van der Waals surface area contributed by atoms with Gasteiger partial charge in [-0.15, -0.1) is 0 Å². The van der Waals surface area contributed by atoms with Gasteiger partial charge in [0.2, 0.25) is 0 Å². The van der Waals surface area contributed by atoms with Crippen LogP contribution in [0.5, 0.6) is 5.75 Å². The predicted molar refractivity (Wildman–Crippen MR) is 106 cm³/mol. The molecule has 6 nitrogen and oxygen atoms in total. The number of carbonyl (C=O) groups excluding carboxylic acids is 1. The minimum atomic E-state index is -0.813. The first-order chi connectivity index (χ1) is 12.8. The van der Waals surface area contributed by atoms with Gasteiger partial charge in [0, 0.05) is 27.2 Å². The molecule has 1 atom stereocenters. The fraction of sp³-hybridized carbons (Fsp3) is 0.600. The van der Waals surface area contributed by atoms with Crippen LogP contribution in [-0.2, 0) is 0 Å². The van der Waals surface area contributed by atoms with Crippen molar-refractivity contribution >= 4 is 23.6 Å². The lowest BCUT2D eigenvalue weighted by atomic mass is 9.87. The molecule has 27 heavy (non-hydrogen) atoms. The Labute approximate surface area is 166 Å². The number of ether oxygens (including phenoxy) is 1. The number of likely N-dealkylation sites (tertiary alicyclic amines) is 1. The van der Waals surface area contributed by atoms with Crippen LogP contribution >= 0.6 is 11.6 Å². The Morgan fingerprint density at radius 3 is 2.56 bits per heavy atom. The summed E-state index contributed by atoms with van der Waals surface area (Å²) >= 11 is 6.20. The van der Waals surface area contributed by atoms with E-state index in [1.807, 2.05) is 0 Å². The van der Waals surface area contributed by atoms with E-state index in [0.717, 1.165) is 25.7 Å². The van der Waals surface area contributed by atoms with Gasteiger partial charge in [-0.2, -0.15) is 0 Å². The summed E-state index contributed by atoms with van der Waals surface area (Å²) in [7, 11) is 3.38. The standard InChI is InChI=1S/C20H29ClN2O4/c1-14(12-15-6-9-23(10-7-15)20(25)26)8-11-27-16-4-5-17(18(21)13-16)19(24)22(2)3/h4-5,13-15H,6-12H2,1-3H3,(H,25,26). The van der Waals surface area contributed by atoms with E-state index < -0.39 is 6.09 Å². The molecule has 7 heteroatoms. The van der Waals surface area contributed by atoms with Gasteiger partial charge < -0.3 is 19.6 Å². The summed E-state index contributed by atoms with van der Waals surface area (Å²) in [6, 6.07) is 5.15. The van der Waals surface area contributed by atoms with Gasteiger partial charge in [0.15, 0.2) is 0 Å². The van der Waals surface area contributed by atoms with Crippen LogP contribution in [0.4, 0.5) is 4.79 Å². The molecule has 1 aliphatic rings. The third kappa shape index (κ3) is 6.31. The summed E-state index contributed by atoms with van der Waals surface area (Å²) in [5, 5.41) is 9.40. The molecule has 0 aliphatic carbocycles. The molecule has 0 aromatic heterocycles. The lowest BCUT2D eigenvalue weighted by molar-refractivity contribution is 0.0827. The summed E-state index contributed by atoms with van der Waals surface area (Å²) in [5.74, 6) is 1.63. The highest BCUT2D eigenvalue weighted by Crippen LogP contribution is 2.27. The molecule has 0 spiro atoms. The monoisotopic (exact) mass is 396 g/mol. The first-order valence-corrected chi connectivity index (χ1v) is 9.77. The Kier molecular flexibility index (Phi) is 7.78. The highest BCUT2D eigenvalue weighted by molar-refractivity contribution is 6.34. The van der Waals surface area contributed by atoms with E-state index in [4.69, 9.17) is 21.4 Å². The minimum absolute atomic E-state index is 0.130. The van der Waals surface area contributed by atoms with Crippen LogP contribution in [0.25, 0.3) is 0 Å². The molecule has 2 rings (SSSR count). The highest BCUT2D eigenvalue weighted by atomic mass is 35.5. The van der Waals surface area contributed by atoms with E-state index in [1.54, 1.807) is 32.3 Å². The lowest BCUT2D eigenvalue weighted by Crippen LogP contribution is -2.37. The van der Waals surface area contributed by atoms with Crippen molar-refractivity contribution in [1.82, 2.24) is 9.80 Å². The molecule has 1 saturated heterocycles. The van der Waals surface area contributed by atoms with E-state index in [9.17, 15) is 9.59 Å². The third-order valence-electron chi connectivity index (χ3n) is 5.08. The fourth-order valence-corrected chi connectivity index (χ4v) is 3.68. The molecular weight excluding hydrogens is 368 g/mol. The number of nitrogens with zero attached hydrogens (tertiary/aromatic N) is 2. The lowest BCUT2D eigenvalue weighted by Gasteiger charge is -2.31. The van der Waals surface area contributed by atoms with Crippen LogP contribution in [-0.4, -0.2) is 60.7 Å². The second-order valence-corrected chi connectivity index (χ2v) is 7.94. The molecule has 1 N–H and O–H groups in total. The van der Waals surface area contributed by atoms with Gasteiger partial charge in [0.25, 0.3) is 5.91 Å². The zero-order valence-electron chi connectivity index (χ0n) is 16.3. The van der Waals surface area contributed by atoms with Crippen molar-refractivity contribution in [2.45, 2.75) is 32.6 Å². The zero-order valence-corrected chi connectivity index (χ0v) is 17.0. The zero-order chi connectivity index (χ0) is 20.0. The maximum Gasteiger partial charge on any atom is 0.407 e. The molecule has 1 heterocycles. The first kappa shape index (κ1) is 21.4. The van der Waals surface area contributed by atoms with Crippen molar-refractivity contribution in [2.75, 3.05) is 33.8 Å². The van der Waals surface area contributed by atoms with Gasteiger partial charge in [0.1, 0.15) is 5.75 Å². The third-order valence-corrected chi connectivity index (χ3v) is 5.39. The molecule has 1 aromatic rings. The van der Waals surface area contributed by atoms with Crippen LogP contribution in [0.3, 0.4) is 0 Å². The van der Waals surface area contributed by atoms with Crippen molar-refractivity contribution in [3.8, 4) is 5.75 Å². The van der Waals surface area contributed by atoms with E-state index in [-0.39, 0.29) is 5.91 Å². The fourth-order valence-electron chi connectivity index (χ4n) is 3.42. The maximum atomic E-state index is 12.0. The van der Waals surface area contributed by atoms with Gasteiger partial charge in [-0.25, -0.2) is 4.79 Å². The molecule has 2 amide bonds. The second kappa shape index (κ2) is 9.83. The minimum Gasteiger partial charge on any atom is -0.494 e. The van der Waals surface area contributed by atoms with Gasteiger partial charge in [-0.05, 0) is 55.7 Å². The predicted octanol–water partition coefficient (Wildman–Crippen LogP) is 4.23. The number of halogens is 1. The summed E-state index contributed by atoms with van der Waals surface area (Å²) < 4.78 is 5.80. The molecule has 1 unspecified atom stereocenters. The number of hydrogen-bond donors (Lipinski definition) is 1. The number of amides is 2. The van der Waals surface area contributed by atoms with E-state index in [1.165, 1.54) is 9.80 Å². The average molecular weight is 397 g/mol. The normalized spacial score (nSPS) is 16.1. The van der Waals surface area contributed by atoms with Gasteiger partial charge in [-0.1, -0.05) is 18.5 Å². The van der Waals surface area contributed by atoms with Crippen LogP contribution < -0.4 is 4.74 Å². The smallest absolute Gasteiger partial charge is 0.407 e. The van der Waals surface area contributed by atoms with Crippen molar-refractivity contribution in [3.05, 3.63) is 28.8 Å². The topological polar surface area (TPSA) is 70.1 Å². The number of piperidine rings is 1. The average Bonchev–Trinajstić information content (AvgIpc) is 2.61. The van der Waals surface area contributed by atoms with E-state index in [0.29, 0.717) is 47.9 Å². The van der Waals surface area contributed by atoms with Crippen LogP contribution in [0.2, 0.25) is 5.02 Å². The van der Waals surface area contributed by atoms with Crippen LogP contribution in [0.15, 0.2) is 18.2 Å². The molecule has 0 bridgehead atoms. The van der Waals surface area contributed by atoms with Crippen molar-refractivity contribution in [1.29, 1.82) is 0 Å². The highest BCUT2D eigenvalue weighted by Gasteiger charge is 2.23. The van der Waals surface area contributed by atoms with E-state index in [2.05, 4.69) is 6.92 Å². The Morgan fingerprint density at radius 1 is 1.33 bits per heavy atom. The Hall–Kier alpha value is -1.95. The largest absolute Gasteiger partial charge is 0.494 e. The summed E-state index contributed by atoms with van der Waals surface area (Å²) in [6.07, 6.45) is 3.08. The second-order valence-electron chi connectivity index (χ2n) is 7.53. The number of carbonyl (C=O) groups is 2. The SMILES string of the molecule is CC(CCOc1ccc(C(=O)N(C)C)c(Cl)c1)CC1CCN(C(=O)O)CC1. The Bertz CT molecular complexity index is 657. The van der Waals surface area contributed by atoms with Crippen LogP contribution in [0, 0.1) is 11.8 Å². The number of carboxylic acid groups (broad SMARTS) is 1. The molecule has 0 radical (unpaired) electrons. The van der Waals surface area contributed by atoms with Crippen molar-refractivity contribution < 1.29 is 19.4 Å². The summed E-state index contributed by atoms with van der Waals surface area (Å²) in [5.41, 5.74) is 0.468. The summed E-state index contributed by atoms with van der Waals surface area (Å²) in [4.78, 5) is 25.9. The molecular formula is C20H29ClN2O4. The van der Waals surface area contributed by atoms with Gasteiger partial charge >= 0.3 is 6.09 Å². The summed E-state index contributed by atoms with van der Waals surface area (Å²) in [6.45, 7) is 4.07. The molecule has 1 fully saturated rings. The molecule has 150 valence electrons. The quantitative estimate of drug-likeness (QED) is 0.748. The molecule has 1 aliphatic heterocycles. The molecule has 1 aromatic carbocycles. The molecule has 0 saturated carbocycles. The Morgan fingerprint density at radius 2 is 2.00 bits per heavy atom. The van der Waals surface area contributed by atoms with E-state index >= 15 is 0 Å². The van der Waals surface area contributed by atoms with Gasteiger partial charge in [0.05, 0.1) is 17.2 Å². The number of hydrogen-bond acceptors (Lipinski definition) is 3.